The molecule has 0 aromatic carbocycles. The second-order valence-electron chi connectivity index (χ2n) is 4.81. The lowest BCUT2D eigenvalue weighted by Crippen LogP contribution is -2.49. The first-order chi connectivity index (χ1) is 6.57. The van der Waals surface area contributed by atoms with Crippen LogP contribution in [-0.2, 0) is 4.74 Å². The second-order valence-corrected chi connectivity index (χ2v) is 4.81. The quantitative estimate of drug-likeness (QED) is 0.719. The molecule has 1 aliphatic rings. The van der Waals surface area contributed by atoms with E-state index in [-0.39, 0.29) is 0 Å². The topological polar surface area (TPSA) is 24.5 Å². The van der Waals surface area contributed by atoms with Crippen LogP contribution in [0.1, 0.15) is 26.7 Å². The van der Waals surface area contributed by atoms with Crippen LogP contribution in [0.3, 0.4) is 0 Å². The Morgan fingerprint density at radius 3 is 2.79 bits per heavy atom. The van der Waals surface area contributed by atoms with Crippen molar-refractivity contribution in [2.45, 2.75) is 38.3 Å². The molecule has 3 nitrogen and oxygen atoms in total. The molecule has 1 N–H and O–H groups in total. The minimum absolute atomic E-state index is 0.316. The number of nitrogens with zero attached hydrogens (tertiary/aromatic N) is 1. The average Bonchev–Trinajstić information content (AvgIpc) is 2.52. The number of likely N-dealkylation sites (N-methyl/N-ethyl adjacent to an activating group) is 1. The summed E-state index contributed by atoms with van der Waals surface area (Å²) in [5.41, 5.74) is 0.316. The van der Waals surface area contributed by atoms with Gasteiger partial charge < -0.3 is 10.1 Å². The number of hydrogen-bond acceptors (Lipinski definition) is 3. The van der Waals surface area contributed by atoms with Crippen molar-refractivity contribution in [1.29, 1.82) is 0 Å². The third kappa shape index (κ3) is 3.23. The normalized spacial score (nSPS) is 29.8. The van der Waals surface area contributed by atoms with Crippen molar-refractivity contribution in [3.63, 3.8) is 0 Å². The lowest BCUT2D eigenvalue weighted by atomic mass is 9.99. The van der Waals surface area contributed by atoms with Gasteiger partial charge in [-0.2, -0.15) is 0 Å². The molecule has 1 rings (SSSR count). The molecule has 0 amide bonds. The van der Waals surface area contributed by atoms with Crippen LogP contribution in [-0.4, -0.2) is 50.3 Å². The number of methoxy groups -OCH3 is 1. The van der Waals surface area contributed by atoms with Crippen LogP contribution < -0.4 is 5.32 Å². The van der Waals surface area contributed by atoms with Gasteiger partial charge in [0.1, 0.15) is 0 Å². The van der Waals surface area contributed by atoms with Crippen molar-refractivity contribution in [3.05, 3.63) is 0 Å². The Hall–Kier alpha value is -0.120. The van der Waals surface area contributed by atoms with Crippen LogP contribution >= 0.6 is 0 Å². The summed E-state index contributed by atoms with van der Waals surface area (Å²) in [6.07, 6.45) is 2.60. The molecule has 1 heterocycles. The van der Waals surface area contributed by atoms with Crippen LogP contribution in [0.15, 0.2) is 0 Å². The van der Waals surface area contributed by atoms with E-state index in [1.54, 1.807) is 7.11 Å². The Morgan fingerprint density at radius 1 is 1.57 bits per heavy atom. The molecule has 0 aromatic heterocycles. The Labute approximate surface area is 87.8 Å². The third-order valence-corrected chi connectivity index (χ3v) is 3.22. The highest BCUT2D eigenvalue weighted by Crippen LogP contribution is 2.19. The monoisotopic (exact) mass is 200 g/mol. The van der Waals surface area contributed by atoms with Crippen LogP contribution in [0, 0.1) is 0 Å². The van der Waals surface area contributed by atoms with Crippen LogP contribution in [0.5, 0.6) is 0 Å². The van der Waals surface area contributed by atoms with Gasteiger partial charge in [0, 0.05) is 25.2 Å². The molecule has 0 radical (unpaired) electrons. The van der Waals surface area contributed by atoms with Gasteiger partial charge in [-0.1, -0.05) is 0 Å². The lowest BCUT2D eigenvalue weighted by Gasteiger charge is -2.33. The van der Waals surface area contributed by atoms with Crippen molar-refractivity contribution in [2.24, 2.45) is 0 Å². The molecular weight excluding hydrogens is 176 g/mol. The Morgan fingerprint density at radius 2 is 2.29 bits per heavy atom. The summed E-state index contributed by atoms with van der Waals surface area (Å²) in [6, 6.07) is 0.499. The predicted molar refractivity (Wildman–Crippen MR) is 59.6 cm³/mol. The van der Waals surface area contributed by atoms with E-state index < -0.39 is 0 Å². The van der Waals surface area contributed by atoms with Crippen molar-refractivity contribution >= 4 is 0 Å². The molecule has 0 bridgehead atoms. The minimum Gasteiger partial charge on any atom is -0.383 e. The maximum atomic E-state index is 5.16. The summed E-state index contributed by atoms with van der Waals surface area (Å²) in [5.74, 6) is 0. The van der Waals surface area contributed by atoms with Gasteiger partial charge in [-0.15, -0.1) is 0 Å². The van der Waals surface area contributed by atoms with Crippen molar-refractivity contribution in [3.8, 4) is 0 Å². The molecule has 1 aliphatic heterocycles. The van der Waals surface area contributed by atoms with Gasteiger partial charge in [-0.25, -0.2) is 0 Å². The zero-order valence-corrected chi connectivity index (χ0v) is 9.97. The summed E-state index contributed by atoms with van der Waals surface area (Å²) in [5, 5.41) is 3.58. The first-order valence-corrected chi connectivity index (χ1v) is 5.51. The fraction of sp³-hybridized carbons (Fsp3) is 1.00. The van der Waals surface area contributed by atoms with E-state index in [1.165, 1.54) is 19.4 Å². The first kappa shape index (κ1) is 12.0. The van der Waals surface area contributed by atoms with Gasteiger partial charge >= 0.3 is 0 Å². The van der Waals surface area contributed by atoms with Gasteiger partial charge in [0.15, 0.2) is 0 Å². The minimum atomic E-state index is 0.316. The molecular formula is C11H24N2O. The van der Waals surface area contributed by atoms with Gasteiger partial charge in [0.2, 0.25) is 0 Å². The number of nitrogens with one attached hydrogen (secondary N) is 1. The van der Waals surface area contributed by atoms with Crippen LogP contribution in [0.2, 0.25) is 0 Å². The molecule has 2 unspecified atom stereocenters. The highest BCUT2D eigenvalue weighted by Gasteiger charge is 2.30. The fourth-order valence-electron chi connectivity index (χ4n) is 2.17. The molecule has 84 valence electrons. The predicted octanol–water partition coefficient (Wildman–Crippen LogP) is 1.10. The zero-order chi connectivity index (χ0) is 10.6. The molecule has 2 atom stereocenters. The average molecular weight is 200 g/mol. The summed E-state index contributed by atoms with van der Waals surface area (Å²) >= 11 is 0. The molecule has 0 saturated carbocycles. The number of rotatable bonds is 5. The Bertz CT molecular complexity index is 167. The highest BCUT2D eigenvalue weighted by molar-refractivity contribution is 4.91. The van der Waals surface area contributed by atoms with Gasteiger partial charge in [-0.05, 0) is 40.3 Å². The van der Waals surface area contributed by atoms with E-state index in [0.29, 0.717) is 11.6 Å². The number of hydrogen-bond donors (Lipinski definition) is 1. The molecule has 14 heavy (non-hydrogen) atoms. The van der Waals surface area contributed by atoms with Crippen molar-refractivity contribution in [1.82, 2.24) is 10.2 Å². The SMILES string of the molecule is COCC(C)N(C)CC1(C)CCCN1. The van der Waals surface area contributed by atoms with Gasteiger partial charge in [-0.3, -0.25) is 4.90 Å². The second kappa shape index (κ2) is 5.10. The van der Waals surface area contributed by atoms with Crippen LogP contribution in [0.25, 0.3) is 0 Å². The molecule has 1 saturated heterocycles. The van der Waals surface area contributed by atoms with E-state index >= 15 is 0 Å². The molecule has 3 heteroatoms. The summed E-state index contributed by atoms with van der Waals surface area (Å²) in [7, 11) is 3.94. The summed E-state index contributed by atoms with van der Waals surface area (Å²) in [4.78, 5) is 2.38. The van der Waals surface area contributed by atoms with Crippen LogP contribution in [0.4, 0.5) is 0 Å². The largest absolute Gasteiger partial charge is 0.383 e. The lowest BCUT2D eigenvalue weighted by molar-refractivity contribution is 0.0994. The fourth-order valence-corrected chi connectivity index (χ4v) is 2.17. The van der Waals surface area contributed by atoms with E-state index in [2.05, 4.69) is 31.1 Å². The molecule has 0 spiro atoms. The van der Waals surface area contributed by atoms with E-state index in [4.69, 9.17) is 4.74 Å². The molecule has 0 aromatic rings. The smallest absolute Gasteiger partial charge is 0.0615 e. The third-order valence-electron chi connectivity index (χ3n) is 3.22. The first-order valence-electron chi connectivity index (χ1n) is 5.51. The standard InChI is InChI=1S/C11H24N2O/c1-10(8-14-4)13(3)9-11(2)6-5-7-12-11/h10,12H,5-9H2,1-4H3. The summed E-state index contributed by atoms with van der Waals surface area (Å²) < 4.78 is 5.16. The zero-order valence-electron chi connectivity index (χ0n) is 9.97. The maximum Gasteiger partial charge on any atom is 0.0615 e. The van der Waals surface area contributed by atoms with E-state index in [0.717, 1.165) is 13.2 Å². The van der Waals surface area contributed by atoms with E-state index in [9.17, 15) is 0 Å². The highest BCUT2D eigenvalue weighted by atomic mass is 16.5. The molecule has 0 aliphatic carbocycles. The number of ether oxygens (including phenoxy) is 1. The van der Waals surface area contributed by atoms with Crippen molar-refractivity contribution in [2.75, 3.05) is 33.9 Å². The Kier molecular flexibility index (Phi) is 4.35. The van der Waals surface area contributed by atoms with Gasteiger partial charge in [0.05, 0.1) is 6.61 Å². The van der Waals surface area contributed by atoms with Crippen molar-refractivity contribution < 1.29 is 4.74 Å². The Balaban J connectivity index is 2.34. The summed E-state index contributed by atoms with van der Waals surface area (Å²) in [6.45, 7) is 7.62. The maximum absolute atomic E-state index is 5.16. The van der Waals surface area contributed by atoms with Gasteiger partial charge in [0.25, 0.3) is 0 Å². The van der Waals surface area contributed by atoms with E-state index in [1.807, 2.05) is 0 Å². The molecule has 1 fully saturated rings.